The molecule has 0 heterocycles. The van der Waals surface area contributed by atoms with E-state index in [2.05, 4.69) is 34.2 Å². The van der Waals surface area contributed by atoms with E-state index >= 15 is 0 Å². The van der Waals surface area contributed by atoms with Crippen LogP contribution in [0.15, 0.2) is 24.6 Å². The lowest BCUT2D eigenvalue weighted by Crippen LogP contribution is -2.93. The lowest BCUT2D eigenvalue weighted by molar-refractivity contribution is -0.532. The van der Waals surface area contributed by atoms with Gasteiger partial charge >= 0.3 is 11.7 Å². The molecule has 0 aromatic rings. The molecule has 0 atom stereocenters. The number of hydrogen-bond acceptors (Lipinski definition) is 2. The van der Waals surface area contributed by atoms with Gasteiger partial charge in [0.15, 0.2) is 0 Å². The van der Waals surface area contributed by atoms with Crippen LogP contribution in [-0.2, 0) is 0 Å². The van der Waals surface area contributed by atoms with Crippen molar-refractivity contribution in [2.24, 2.45) is 11.5 Å². The highest BCUT2D eigenvalue weighted by atomic mass is 15.3. The lowest BCUT2D eigenvalue weighted by atomic mass is 10.5. The number of amidine groups is 2. The second kappa shape index (κ2) is 5.63. The molecule has 0 saturated carbocycles. The molecule has 0 aliphatic carbocycles. The summed E-state index contributed by atoms with van der Waals surface area (Å²) in [6.45, 7) is 10.8. The highest BCUT2D eigenvalue weighted by molar-refractivity contribution is 6.34. The third-order valence-electron chi connectivity index (χ3n) is 1.11. The molecule has 0 aliphatic rings. The van der Waals surface area contributed by atoms with E-state index in [1.54, 1.807) is 13.8 Å². The molecular formula is C8H18N6+2. The number of hydrogen-bond donors (Lipinski definition) is 6. The molecule has 0 aliphatic heterocycles. The summed E-state index contributed by atoms with van der Waals surface area (Å²) >= 11 is 0. The van der Waals surface area contributed by atoms with Crippen molar-refractivity contribution in [3.05, 3.63) is 24.6 Å². The van der Waals surface area contributed by atoms with E-state index in [4.69, 9.17) is 11.5 Å². The summed E-state index contributed by atoms with van der Waals surface area (Å²) in [6, 6.07) is 0. The largest absolute Gasteiger partial charge is 0.381 e. The van der Waals surface area contributed by atoms with Crippen molar-refractivity contribution in [1.82, 2.24) is 10.9 Å². The van der Waals surface area contributed by atoms with Gasteiger partial charge in [0.05, 0.1) is 0 Å². The number of nitrogens with two attached hydrogens (primary N) is 2. The lowest BCUT2D eigenvalue weighted by Gasteiger charge is -1.95. The van der Waals surface area contributed by atoms with E-state index in [0.29, 0.717) is 0 Å². The second-order valence-corrected chi connectivity index (χ2v) is 2.89. The number of hydrazine groups is 2. The van der Waals surface area contributed by atoms with Crippen LogP contribution >= 0.6 is 0 Å². The summed E-state index contributed by atoms with van der Waals surface area (Å²) in [4.78, 5) is 0. The molecule has 0 radical (unpaired) electrons. The number of hydrazone groups is 2. The van der Waals surface area contributed by atoms with Crippen LogP contribution in [0, 0.1) is 0 Å². The molecule has 8 N–H and O–H groups in total. The Kier molecular flexibility index (Phi) is 4.83. The van der Waals surface area contributed by atoms with Crippen LogP contribution in [0.5, 0.6) is 0 Å². The van der Waals surface area contributed by atoms with Crippen molar-refractivity contribution < 1.29 is 10.2 Å². The molecule has 14 heavy (non-hydrogen) atoms. The van der Waals surface area contributed by atoms with Gasteiger partial charge in [0.25, 0.3) is 0 Å². The van der Waals surface area contributed by atoms with Crippen molar-refractivity contribution >= 4 is 11.7 Å². The predicted molar refractivity (Wildman–Crippen MR) is 56.2 cm³/mol. The number of rotatable bonds is 4. The van der Waals surface area contributed by atoms with Gasteiger partial charge in [-0.15, -0.1) is 0 Å². The normalized spacial score (nSPS) is 12.1. The Morgan fingerprint density at radius 3 is 1.43 bits per heavy atom. The molecule has 0 fully saturated rings. The Morgan fingerprint density at radius 1 is 0.929 bits per heavy atom. The highest BCUT2D eigenvalue weighted by Gasteiger charge is 2.11. The summed E-state index contributed by atoms with van der Waals surface area (Å²) in [7, 11) is 0. The maximum atomic E-state index is 5.56. The summed E-state index contributed by atoms with van der Waals surface area (Å²) in [6.07, 6.45) is 0. The summed E-state index contributed by atoms with van der Waals surface area (Å²) in [5.74, 6) is 0.531. The van der Waals surface area contributed by atoms with Gasteiger partial charge in [0.1, 0.15) is 0 Å². The molecule has 0 amide bonds. The summed E-state index contributed by atoms with van der Waals surface area (Å²) < 4.78 is 0. The third-order valence-corrected chi connectivity index (χ3v) is 1.11. The minimum absolute atomic E-state index is 0.266. The molecule has 0 spiro atoms. The Bertz CT molecular complexity index is 258. The first-order chi connectivity index (χ1) is 6.43. The molecule has 0 rings (SSSR count). The van der Waals surface area contributed by atoms with Gasteiger partial charge in [-0.1, -0.05) is 13.2 Å². The Balaban J connectivity index is 4.29. The minimum Gasteiger partial charge on any atom is -0.278 e. The van der Waals surface area contributed by atoms with E-state index < -0.39 is 0 Å². The van der Waals surface area contributed by atoms with Crippen LogP contribution < -0.4 is 32.5 Å². The van der Waals surface area contributed by atoms with Crippen molar-refractivity contribution in [1.29, 1.82) is 0 Å². The van der Waals surface area contributed by atoms with E-state index in [1.807, 2.05) is 0 Å². The van der Waals surface area contributed by atoms with Gasteiger partial charge < -0.3 is 0 Å². The Labute approximate surface area is 83.4 Å². The Hall–Kier alpha value is -1.98. The van der Waals surface area contributed by atoms with Crippen LogP contribution in [0.2, 0.25) is 0 Å². The fraction of sp³-hybridized carbons (Fsp3) is 0.250. The first kappa shape index (κ1) is 12.0. The van der Waals surface area contributed by atoms with E-state index in [9.17, 15) is 0 Å². The minimum atomic E-state index is 0.266. The summed E-state index contributed by atoms with van der Waals surface area (Å²) in [5, 5.41) is 5.31. The van der Waals surface area contributed by atoms with Crippen LogP contribution in [0.25, 0.3) is 0 Å². The molecule has 6 heteroatoms. The molecule has 78 valence electrons. The monoisotopic (exact) mass is 198 g/mol. The molecule has 0 unspecified atom stereocenters. The maximum absolute atomic E-state index is 5.56. The second-order valence-electron chi connectivity index (χ2n) is 2.89. The number of allylic oxidation sites excluding steroid dienone is 2. The fourth-order valence-corrected chi connectivity index (χ4v) is 0.483. The van der Waals surface area contributed by atoms with Gasteiger partial charge in [-0.2, -0.15) is 10.2 Å². The molecule has 0 bridgehead atoms. The van der Waals surface area contributed by atoms with E-state index in [1.165, 1.54) is 0 Å². The smallest absolute Gasteiger partial charge is 0.278 e. The first-order valence-corrected chi connectivity index (χ1v) is 4.03. The van der Waals surface area contributed by atoms with Crippen LogP contribution in [-0.4, -0.2) is 11.7 Å². The highest BCUT2D eigenvalue weighted by Crippen LogP contribution is 1.66. The van der Waals surface area contributed by atoms with E-state index in [0.717, 1.165) is 11.4 Å². The van der Waals surface area contributed by atoms with Crippen LogP contribution in [0.1, 0.15) is 13.8 Å². The summed E-state index contributed by atoms with van der Waals surface area (Å²) in [5.41, 5.74) is 18.0. The van der Waals surface area contributed by atoms with Crippen LogP contribution in [0.4, 0.5) is 0 Å². The number of nitrogens with one attached hydrogen (secondary N) is 4. The average molecular weight is 198 g/mol. The Morgan fingerprint density at radius 2 is 1.21 bits per heavy atom. The predicted octanol–water partition coefficient (Wildman–Crippen LogP) is -4.06. The zero-order chi connectivity index (χ0) is 11.1. The van der Waals surface area contributed by atoms with Crippen molar-refractivity contribution in [2.45, 2.75) is 13.8 Å². The SMILES string of the molecule is C=C(C)N[NH+]=C(N)C(N)=[NH+]NC(=C)C. The van der Waals surface area contributed by atoms with E-state index in [-0.39, 0.29) is 11.7 Å². The third kappa shape index (κ3) is 5.64. The maximum Gasteiger partial charge on any atom is 0.381 e. The molecule has 0 saturated heterocycles. The van der Waals surface area contributed by atoms with Gasteiger partial charge in [0.2, 0.25) is 0 Å². The molecule has 0 aromatic heterocycles. The first-order valence-electron chi connectivity index (χ1n) is 4.03. The van der Waals surface area contributed by atoms with Crippen molar-refractivity contribution in [3.8, 4) is 0 Å². The molecular weight excluding hydrogens is 180 g/mol. The van der Waals surface area contributed by atoms with Gasteiger partial charge in [-0.25, -0.2) is 10.9 Å². The quantitative estimate of drug-likeness (QED) is 0.157. The topological polar surface area (TPSA) is 104 Å². The van der Waals surface area contributed by atoms with Crippen molar-refractivity contribution in [2.75, 3.05) is 0 Å². The zero-order valence-corrected chi connectivity index (χ0v) is 8.57. The molecule has 6 nitrogen and oxygen atoms in total. The van der Waals surface area contributed by atoms with Crippen LogP contribution in [0.3, 0.4) is 0 Å². The van der Waals surface area contributed by atoms with Gasteiger partial charge in [-0.05, 0) is 13.8 Å². The standard InChI is InChI=1S/C8H16N6/c1-5(2)11-13-7(9)8(10)14-12-6(3)4/h11-12H,1,3H2,2,4H3,(H2,9,13)(H2,10,14)/p+2. The zero-order valence-electron chi connectivity index (χ0n) is 8.57. The van der Waals surface area contributed by atoms with Crippen molar-refractivity contribution in [3.63, 3.8) is 0 Å². The van der Waals surface area contributed by atoms with Gasteiger partial charge in [0, 0.05) is 11.4 Å². The molecule has 0 aromatic carbocycles. The average Bonchev–Trinajstić information content (AvgIpc) is 2.09. The van der Waals surface area contributed by atoms with Gasteiger partial charge in [-0.3, -0.25) is 11.5 Å². The fourth-order valence-electron chi connectivity index (χ4n) is 0.483.